The summed E-state index contributed by atoms with van der Waals surface area (Å²) >= 11 is 0. The van der Waals surface area contributed by atoms with Crippen molar-refractivity contribution in [3.63, 3.8) is 0 Å². The second-order valence-corrected chi connectivity index (χ2v) is 6.28. The Labute approximate surface area is 105 Å². The van der Waals surface area contributed by atoms with Gasteiger partial charge in [0.15, 0.2) is 0 Å². The van der Waals surface area contributed by atoms with Crippen LogP contribution in [0.25, 0.3) is 0 Å². The molecule has 2 N–H and O–H groups in total. The molecule has 0 bridgehead atoms. The van der Waals surface area contributed by atoms with Crippen LogP contribution in [0.1, 0.15) is 59.8 Å². The zero-order chi connectivity index (χ0) is 13.1. The Hall–Kier alpha value is -0.570. The Morgan fingerprint density at radius 3 is 2.53 bits per heavy atom. The quantitative estimate of drug-likeness (QED) is 0.778. The van der Waals surface area contributed by atoms with Crippen molar-refractivity contribution in [2.45, 2.75) is 71.4 Å². The monoisotopic (exact) mass is 241 g/mol. The van der Waals surface area contributed by atoms with Crippen molar-refractivity contribution in [2.75, 3.05) is 0 Å². The molecule has 0 aromatic heterocycles. The third-order valence-corrected chi connectivity index (χ3v) is 3.63. The third-order valence-electron chi connectivity index (χ3n) is 3.63. The number of carboxylic acids is 1. The fraction of sp³-hybridized carbons (Fsp3) is 0.929. The first-order valence-corrected chi connectivity index (χ1v) is 6.87. The summed E-state index contributed by atoms with van der Waals surface area (Å²) in [5.41, 5.74) is -0.675. The third kappa shape index (κ3) is 3.98. The lowest BCUT2D eigenvalue weighted by molar-refractivity contribution is -0.147. The maximum atomic E-state index is 11.6. The van der Waals surface area contributed by atoms with Crippen LogP contribution in [0.15, 0.2) is 0 Å². The highest BCUT2D eigenvalue weighted by atomic mass is 16.4. The highest BCUT2D eigenvalue weighted by Gasteiger charge is 2.43. The van der Waals surface area contributed by atoms with Crippen LogP contribution in [0, 0.1) is 11.8 Å². The summed E-state index contributed by atoms with van der Waals surface area (Å²) in [6.45, 7) is 8.48. The zero-order valence-corrected chi connectivity index (χ0v) is 11.6. The molecule has 0 saturated heterocycles. The molecule has 0 heterocycles. The van der Waals surface area contributed by atoms with Crippen LogP contribution in [-0.4, -0.2) is 22.7 Å². The van der Waals surface area contributed by atoms with Gasteiger partial charge in [0, 0.05) is 6.04 Å². The molecular formula is C14H27NO2. The number of hydrogen-bond acceptors (Lipinski definition) is 2. The van der Waals surface area contributed by atoms with Crippen LogP contribution in [0.2, 0.25) is 0 Å². The fourth-order valence-electron chi connectivity index (χ4n) is 3.20. The second kappa shape index (κ2) is 5.85. The van der Waals surface area contributed by atoms with E-state index >= 15 is 0 Å². The lowest BCUT2D eigenvalue weighted by atomic mass is 9.73. The van der Waals surface area contributed by atoms with Gasteiger partial charge in [0.2, 0.25) is 0 Å². The molecule has 0 aliphatic heterocycles. The van der Waals surface area contributed by atoms with Crippen molar-refractivity contribution in [3.05, 3.63) is 0 Å². The van der Waals surface area contributed by atoms with Gasteiger partial charge in [0.05, 0.1) is 0 Å². The predicted molar refractivity (Wildman–Crippen MR) is 70.1 cm³/mol. The van der Waals surface area contributed by atoms with E-state index in [0.717, 1.165) is 25.7 Å². The van der Waals surface area contributed by atoms with E-state index in [2.05, 4.69) is 19.2 Å². The molecule has 1 fully saturated rings. The van der Waals surface area contributed by atoms with E-state index in [9.17, 15) is 9.90 Å². The molecule has 1 aliphatic rings. The van der Waals surface area contributed by atoms with Gasteiger partial charge in [-0.15, -0.1) is 0 Å². The van der Waals surface area contributed by atoms with Gasteiger partial charge in [-0.05, 0) is 44.9 Å². The summed E-state index contributed by atoms with van der Waals surface area (Å²) in [4.78, 5) is 11.6. The van der Waals surface area contributed by atoms with Crippen LogP contribution in [0.5, 0.6) is 0 Å². The van der Waals surface area contributed by atoms with E-state index in [1.807, 2.05) is 13.8 Å². The van der Waals surface area contributed by atoms with Gasteiger partial charge in [-0.3, -0.25) is 10.1 Å². The molecule has 100 valence electrons. The second-order valence-electron chi connectivity index (χ2n) is 6.28. The molecule has 1 rings (SSSR count). The first kappa shape index (κ1) is 14.5. The van der Waals surface area contributed by atoms with Crippen molar-refractivity contribution >= 4 is 5.97 Å². The van der Waals surface area contributed by atoms with Crippen LogP contribution >= 0.6 is 0 Å². The van der Waals surface area contributed by atoms with E-state index in [0.29, 0.717) is 11.8 Å². The number of carbonyl (C=O) groups is 1. The Bertz CT molecular complexity index is 263. The molecule has 1 saturated carbocycles. The minimum absolute atomic E-state index is 0.226. The number of rotatable bonds is 5. The summed E-state index contributed by atoms with van der Waals surface area (Å²) in [6, 6.07) is 0.226. The topological polar surface area (TPSA) is 49.3 Å². The highest BCUT2D eigenvalue weighted by Crippen LogP contribution is 2.36. The van der Waals surface area contributed by atoms with E-state index in [1.165, 1.54) is 6.42 Å². The summed E-state index contributed by atoms with van der Waals surface area (Å²) in [6.07, 6.45) is 4.93. The van der Waals surface area contributed by atoms with Crippen LogP contribution in [0.3, 0.4) is 0 Å². The SMILES string of the molecule is CC(C)CC1CCCC(NC(C)C)(C(=O)O)C1. The summed E-state index contributed by atoms with van der Waals surface area (Å²) in [7, 11) is 0. The lowest BCUT2D eigenvalue weighted by Crippen LogP contribution is -2.57. The smallest absolute Gasteiger partial charge is 0.323 e. The normalized spacial score (nSPS) is 29.9. The number of aliphatic carboxylic acids is 1. The van der Waals surface area contributed by atoms with E-state index in [1.54, 1.807) is 0 Å². The molecule has 0 aromatic rings. The Morgan fingerprint density at radius 1 is 1.41 bits per heavy atom. The largest absolute Gasteiger partial charge is 0.480 e. The van der Waals surface area contributed by atoms with E-state index < -0.39 is 11.5 Å². The van der Waals surface area contributed by atoms with Crippen molar-refractivity contribution in [3.8, 4) is 0 Å². The van der Waals surface area contributed by atoms with Gasteiger partial charge in [0.25, 0.3) is 0 Å². The van der Waals surface area contributed by atoms with Crippen molar-refractivity contribution in [1.29, 1.82) is 0 Å². The Kier molecular flexibility index (Phi) is 4.99. The minimum Gasteiger partial charge on any atom is -0.480 e. The highest BCUT2D eigenvalue weighted by molar-refractivity contribution is 5.79. The zero-order valence-electron chi connectivity index (χ0n) is 11.6. The average Bonchev–Trinajstić information content (AvgIpc) is 2.15. The van der Waals surface area contributed by atoms with Gasteiger partial charge in [-0.2, -0.15) is 0 Å². The first-order chi connectivity index (χ1) is 7.85. The molecule has 0 radical (unpaired) electrons. The number of hydrogen-bond donors (Lipinski definition) is 2. The number of nitrogens with one attached hydrogen (secondary N) is 1. The molecule has 0 spiro atoms. The van der Waals surface area contributed by atoms with E-state index in [4.69, 9.17) is 0 Å². The molecule has 0 aromatic carbocycles. The predicted octanol–water partition coefficient (Wildman–Crippen LogP) is 3.04. The molecule has 2 unspecified atom stereocenters. The Morgan fingerprint density at radius 2 is 2.06 bits per heavy atom. The van der Waals surface area contributed by atoms with Crippen molar-refractivity contribution in [1.82, 2.24) is 5.32 Å². The Balaban J connectivity index is 2.73. The van der Waals surface area contributed by atoms with Crippen LogP contribution in [-0.2, 0) is 4.79 Å². The van der Waals surface area contributed by atoms with Gasteiger partial charge < -0.3 is 5.11 Å². The molecule has 3 heteroatoms. The van der Waals surface area contributed by atoms with Gasteiger partial charge >= 0.3 is 5.97 Å². The summed E-state index contributed by atoms with van der Waals surface area (Å²) in [5.74, 6) is 0.550. The van der Waals surface area contributed by atoms with Crippen LogP contribution < -0.4 is 5.32 Å². The van der Waals surface area contributed by atoms with Crippen molar-refractivity contribution in [2.24, 2.45) is 11.8 Å². The van der Waals surface area contributed by atoms with Gasteiger partial charge in [-0.1, -0.05) is 26.7 Å². The van der Waals surface area contributed by atoms with Gasteiger partial charge in [0.1, 0.15) is 5.54 Å². The molecule has 1 aliphatic carbocycles. The first-order valence-electron chi connectivity index (χ1n) is 6.87. The van der Waals surface area contributed by atoms with Crippen molar-refractivity contribution < 1.29 is 9.90 Å². The maximum absolute atomic E-state index is 11.6. The maximum Gasteiger partial charge on any atom is 0.323 e. The molecular weight excluding hydrogens is 214 g/mol. The molecule has 17 heavy (non-hydrogen) atoms. The average molecular weight is 241 g/mol. The lowest BCUT2D eigenvalue weighted by Gasteiger charge is -2.40. The van der Waals surface area contributed by atoms with Crippen LogP contribution in [0.4, 0.5) is 0 Å². The molecule has 2 atom stereocenters. The van der Waals surface area contributed by atoms with Gasteiger partial charge in [-0.25, -0.2) is 0 Å². The summed E-state index contributed by atoms with van der Waals surface area (Å²) < 4.78 is 0. The fourth-order valence-corrected chi connectivity index (χ4v) is 3.20. The van der Waals surface area contributed by atoms with E-state index in [-0.39, 0.29) is 6.04 Å². The standard InChI is InChI=1S/C14H27NO2/c1-10(2)8-12-6-5-7-14(9-12,13(16)17)15-11(3)4/h10-12,15H,5-9H2,1-4H3,(H,16,17). The molecule has 0 amide bonds. The molecule has 3 nitrogen and oxygen atoms in total. The minimum atomic E-state index is -0.675. The number of carboxylic acid groups (broad SMARTS) is 1. The summed E-state index contributed by atoms with van der Waals surface area (Å²) in [5, 5.41) is 12.8.